The molecule has 1 amide bonds. The summed E-state index contributed by atoms with van der Waals surface area (Å²) in [4.78, 5) is 18.8. The van der Waals surface area contributed by atoms with Crippen LogP contribution in [0.1, 0.15) is 47.1 Å². The number of benzene rings is 2. The molecule has 4 rings (SSSR count). The normalized spacial score (nSPS) is 16.7. The Morgan fingerprint density at radius 2 is 1.93 bits per heavy atom. The molecule has 0 radical (unpaired) electrons. The number of alkyl halides is 2. The van der Waals surface area contributed by atoms with Crippen molar-refractivity contribution in [2.75, 3.05) is 6.54 Å². The van der Waals surface area contributed by atoms with Crippen molar-refractivity contribution in [3.63, 3.8) is 0 Å². The van der Waals surface area contributed by atoms with Crippen LogP contribution in [-0.4, -0.2) is 32.5 Å². The average molecular weight is 386 g/mol. The number of hydrogen-bond donors (Lipinski definition) is 1. The van der Waals surface area contributed by atoms with Gasteiger partial charge in [-0.05, 0) is 18.9 Å². The first-order valence-corrected chi connectivity index (χ1v) is 8.91. The molecule has 3 aromatic rings. The van der Waals surface area contributed by atoms with Gasteiger partial charge in [0.15, 0.2) is 5.82 Å². The van der Waals surface area contributed by atoms with E-state index in [9.17, 15) is 18.0 Å². The molecule has 1 aliphatic heterocycles. The zero-order valence-corrected chi connectivity index (χ0v) is 14.8. The third-order valence-electron chi connectivity index (χ3n) is 4.86. The first kappa shape index (κ1) is 18.2. The van der Waals surface area contributed by atoms with Crippen molar-refractivity contribution < 1.29 is 18.0 Å². The molecule has 1 aliphatic rings. The molecule has 0 aliphatic carbocycles. The third kappa shape index (κ3) is 3.26. The zero-order chi connectivity index (χ0) is 19.7. The fourth-order valence-corrected chi connectivity index (χ4v) is 3.47. The highest BCUT2D eigenvalue weighted by Gasteiger charge is 2.34. The van der Waals surface area contributed by atoms with Gasteiger partial charge in [-0.25, -0.2) is 18.2 Å². The summed E-state index contributed by atoms with van der Waals surface area (Å²) in [5.74, 6) is -0.799. The molecule has 1 saturated heterocycles. The largest absolute Gasteiger partial charge is 0.328 e. The summed E-state index contributed by atoms with van der Waals surface area (Å²) in [6.07, 6.45) is -1.65. The van der Waals surface area contributed by atoms with E-state index in [1.807, 2.05) is 30.3 Å². The number of amides is 1. The van der Waals surface area contributed by atoms with Crippen LogP contribution in [0.2, 0.25) is 0 Å². The van der Waals surface area contributed by atoms with Crippen LogP contribution < -0.4 is 0 Å². The number of carbonyl (C=O) groups is 1. The number of aromatic amines is 1. The predicted octanol–water partition coefficient (Wildman–Crippen LogP) is 4.53. The Hall–Kier alpha value is -3.16. The number of hydrogen-bond acceptors (Lipinski definition) is 3. The monoisotopic (exact) mass is 386 g/mol. The number of aromatic nitrogens is 3. The van der Waals surface area contributed by atoms with E-state index >= 15 is 0 Å². The molecule has 1 N–H and O–H groups in total. The van der Waals surface area contributed by atoms with Gasteiger partial charge < -0.3 is 4.90 Å². The molecule has 1 atom stereocenters. The molecule has 8 heteroatoms. The number of nitrogens with one attached hydrogen (secondary N) is 1. The molecule has 1 fully saturated rings. The summed E-state index contributed by atoms with van der Waals surface area (Å²) in [5, 5.41) is 7.06. The minimum Gasteiger partial charge on any atom is -0.328 e. The van der Waals surface area contributed by atoms with Crippen molar-refractivity contribution in [1.29, 1.82) is 0 Å². The second kappa shape index (κ2) is 7.46. The number of likely N-dealkylation sites (tertiary alicyclic amines) is 1. The topological polar surface area (TPSA) is 61.9 Å². The number of rotatable bonds is 4. The van der Waals surface area contributed by atoms with E-state index < -0.39 is 29.8 Å². The van der Waals surface area contributed by atoms with Crippen molar-refractivity contribution in [2.24, 2.45) is 0 Å². The van der Waals surface area contributed by atoms with E-state index in [0.717, 1.165) is 11.6 Å². The van der Waals surface area contributed by atoms with E-state index in [4.69, 9.17) is 0 Å². The molecular formula is C20H17F3N4O. The molecule has 144 valence electrons. The Morgan fingerprint density at radius 3 is 2.68 bits per heavy atom. The maximum Gasteiger partial charge on any atom is 0.266 e. The molecule has 0 spiro atoms. The zero-order valence-electron chi connectivity index (χ0n) is 14.8. The van der Waals surface area contributed by atoms with Gasteiger partial charge in [-0.2, -0.15) is 5.10 Å². The van der Waals surface area contributed by atoms with E-state index in [1.54, 1.807) is 0 Å². The Morgan fingerprint density at radius 1 is 1.14 bits per heavy atom. The van der Waals surface area contributed by atoms with Crippen molar-refractivity contribution in [2.45, 2.75) is 25.3 Å². The highest BCUT2D eigenvalue weighted by Crippen LogP contribution is 2.33. The van der Waals surface area contributed by atoms with Crippen LogP contribution in [0.25, 0.3) is 11.4 Å². The Balaban J connectivity index is 1.62. The molecule has 5 nitrogen and oxygen atoms in total. The first-order valence-electron chi connectivity index (χ1n) is 8.91. The lowest BCUT2D eigenvalue weighted by Gasteiger charge is -2.23. The first-order chi connectivity index (χ1) is 13.6. The maximum atomic E-state index is 14.4. The van der Waals surface area contributed by atoms with Crippen molar-refractivity contribution in [3.05, 3.63) is 71.3 Å². The van der Waals surface area contributed by atoms with Crippen molar-refractivity contribution in [1.82, 2.24) is 20.1 Å². The summed E-state index contributed by atoms with van der Waals surface area (Å²) in [7, 11) is 0. The molecular weight excluding hydrogens is 369 g/mol. The Bertz CT molecular complexity index is 990. The van der Waals surface area contributed by atoms with Crippen molar-refractivity contribution in [3.8, 4) is 11.4 Å². The lowest BCUT2D eigenvalue weighted by atomic mass is 10.1. The Labute approximate surface area is 159 Å². The lowest BCUT2D eigenvalue weighted by Crippen LogP contribution is -2.32. The average Bonchev–Trinajstić information content (AvgIpc) is 3.37. The van der Waals surface area contributed by atoms with Gasteiger partial charge >= 0.3 is 0 Å². The van der Waals surface area contributed by atoms with Gasteiger partial charge in [-0.1, -0.05) is 42.5 Å². The van der Waals surface area contributed by atoms with Gasteiger partial charge in [0.2, 0.25) is 0 Å². The second-order valence-electron chi connectivity index (χ2n) is 6.58. The van der Waals surface area contributed by atoms with Crippen LogP contribution >= 0.6 is 0 Å². The predicted molar refractivity (Wildman–Crippen MR) is 96.2 cm³/mol. The highest BCUT2D eigenvalue weighted by molar-refractivity contribution is 5.95. The van der Waals surface area contributed by atoms with Gasteiger partial charge in [-0.3, -0.25) is 9.89 Å². The standard InChI is InChI=1S/C20H17F3N4O/c21-16-13(17(22)23)8-4-9-14(16)20(28)27-11-5-10-15(27)19-24-18(25-26-19)12-6-2-1-3-7-12/h1-4,6-9,15,17H,5,10-11H2,(H,24,25,26). The minimum atomic E-state index is -2.98. The SMILES string of the molecule is O=C(c1cccc(C(F)F)c1F)N1CCCC1c1nc(-c2ccccc2)n[nH]1. The number of carbonyl (C=O) groups excluding carboxylic acids is 1. The molecule has 0 bridgehead atoms. The summed E-state index contributed by atoms with van der Waals surface area (Å²) >= 11 is 0. The maximum absolute atomic E-state index is 14.4. The van der Waals surface area contributed by atoms with Crippen LogP contribution in [0, 0.1) is 5.82 Å². The fraction of sp³-hybridized carbons (Fsp3) is 0.250. The van der Waals surface area contributed by atoms with Crippen LogP contribution in [0.4, 0.5) is 13.2 Å². The van der Waals surface area contributed by atoms with Crippen LogP contribution in [0.3, 0.4) is 0 Å². The van der Waals surface area contributed by atoms with Gasteiger partial charge in [0.1, 0.15) is 11.6 Å². The van der Waals surface area contributed by atoms with Crippen LogP contribution in [0.15, 0.2) is 48.5 Å². The lowest BCUT2D eigenvalue weighted by molar-refractivity contribution is 0.0724. The highest BCUT2D eigenvalue weighted by atomic mass is 19.3. The quantitative estimate of drug-likeness (QED) is 0.717. The molecule has 0 saturated carbocycles. The van der Waals surface area contributed by atoms with E-state index in [-0.39, 0.29) is 5.56 Å². The van der Waals surface area contributed by atoms with E-state index in [2.05, 4.69) is 15.2 Å². The molecule has 1 aromatic heterocycles. The van der Waals surface area contributed by atoms with Crippen LogP contribution in [0.5, 0.6) is 0 Å². The van der Waals surface area contributed by atoms with Crippen LogP contribution in [-0.2, 0) is 0 Å². The fourth-order valence-electron chi connectivity index (χ4n) is 3.47. The second-order valence-corrected chi connectivity index (χ2v) is 6.58. The summed E-state index contributed by atoms with van der Waals surface area (Å²) in [6, 6.07) is 12.4. The van der Waals surface area contributed by atoms with Gasteiger partial charge in [-0.15, -0.1) is 0 Å². The van der Waals surface area contributed by atoms with Gasteiger partial charge in [0.25, 0.3) is 12.3 Å². The molecule has 2 heterocycles. The summed E-state index contributed by atoms with van der Waals surface area (Å²) < 4.78 is 40.4. The van der Waals surface area contributed by atoms with E-state index in [1.165, 1.54) is 17.0 Å². The number of nitrogens with zero attached hydrogens (tertiary/aromatic N) is 3. The molecule has 1 unspecified atom stereocenters. The summed E-state index contributed by atoms with van der Waals surface area (Å²) in [5.41, 5.74) is -0.295. The summed E-state index contributed by atoms with van der Waals surface area (Å²) in [6.45, 7) is 0.392. The van der Waals surface area contributed by atoms with Gasteiger partial charge in [0, 0.05) is 12.1 Å². The Kier molecular flexibility index (Phi) is 4.85. The van der Waals surface area contributed by atoms with Gasteiger partial charge in [0.05, 0.1) is 17.2 Å². The molecule has 2 aromatic carbocycles. The smallest absolute Gasteiger partial charge is 0.266 e. The number of H-pyrrole nitrogens is 1. The minimum absolute atomic E-state index is 0.354. The van der Waals surface area contributed by atoms with Crippen molar-refractivity contribution >= 4 is 5.91 Å². The van der Waals surface area contributed by atoms with E-state index in [0.29, 0.717) is 31.0 Å². The number of halogens is 3. The molecule has 28 heavy (non-hydrogen) atoms. The third-order valence-corrected chi connectivity index (χ3v) is 4.86.